The van der Waals surface area contributed by atoms with Gasteiger partial charge in [-0.1, -0.05) is 6.07 Å². The Kier molecular flexibility index (Phi) is 3.62. The number of anilines is 1. The second kappa shape index (κ2) is 4.97. The van der Waals surface area contributed by atoms with Crippen LogP contribution in [0, 0.1) is 11.3 Å². The zero-order chi connectivity index (χ0) is 10.4. The van der Waals surface area contributed by atoms with E-state index in [-0.39, 0.29) is 18.7 Å². The third-order valence-corrected chi connectivity index (χ3v) is 1.82. The quantitative estimate of drug-likeness (QED) is 0.721. The molecule has 0 aliphatic carbocycles. The van der Waals surface area contributed by atoms with E-state index in [9.17, 15) is 4.79 Å². The summed E-state index contributed by atoms with van der Waals surface area (Å²) in [5.41, 5.74) is 0. The minimum atomic E-state index is -0.0924. The molecule has 0 aliphatic heterocycles. The third kappa shape index (κ3) is 2.56. The Morgan fingerprint density at radius 2 is 2.43 bits per heavy atom. The Morgan fingerprint density at radius 3 is 3.00 bits per heavy atom. The first-order valence-electron chi connectivity index (χ1n) is 4.30. The highest BCUT2D eigenvalue weighted by Crippen LogP contribution is 2.08. The summed E-state index contributed by atoms with van der Waals surface area (Å²) in [5.74, 6) is 0.515. The molecule has 0 bridgehead atoms. The summed E-state index contributed by atoms with van der Waals surface area (Å²) in [7, 11) is 1.65. The zero-order valence-corrected chi connectivity index (χ0v) is 7.97. The molecular weight excluding hydrogens is 178 g/mol. The molecule has 0 radical (unpaired) electrons. The number of aromatic nitrogens is 1. The first-order chi connectivity index (χ1) is 6.75. The molecular formula is C10H11N3O. The molecule has 0 aliphatic rings. The van der Waals surface area contributed by atoms with Crippen LogP contribution in [-0.2, 0) is 4.79 Å². The Morgan fingerprint density at radius 1 is 1.64 bits per heavy atom. The second-order valence-corrected chi connectivity index (χ2v) is 2.80. The Bertz CT molecular complexity index is 342. The van der Waals surface area contributed by atoms with Crippen molar-refractivity contribution in [3.05, 3.63) is 24.4 Å². The van der Waals surface area contributed by atoms with Crippen molar-refractivity contribution in [3.63, 3.8) is 0 Å². The number of pyridine rings is 1. The van der Waals surface area contributed by atoms with Gasteiger partial charge < -0.3 is 0 Å². The van der Waals surface area contributed by atoms with Gasteiger partial charge in [-0.25, -0.2) is 4.98 Å². The van der Waals surface area contributed by atoms with Crippen LogP contribution in [0.25, 0.3) is 0 Å². The van der Waals surface area contributed by atoms with E-state index >= 15 is 0 Å². The molecule has 72 valence electrons. The standard InChI is InChI=1S/C10H11N3O/c1-13(10(14)6-4-7-11)9-5-2-3-8-12-9/h2-3,5,8H,4,6H2,1H3. The van der Waals surface area contributed by atoms with Crippen LogP contribution in [0.1, 0.15) is 12.8 Å². The lowest BCUT2D eigenvalue weighted by atomic mass is 10.3. The van der Waals surface area contributed by atoms with Crippen LogP contribution in [-0.4, -0.2) is 17.9 Å². The molecule has 0 N–H and O–H groups in total. The van der Waals surface area contributed by atoms with Crippen molar-refractivity contribution in [1.29, 1.82) is 5.26 Å². The van der Waals surface area contributed by atoms with Crippen LogP contribution in [0.2, 0.25) is 0 Å². The fraction of sp³-hybridized carbons (Fsp3) is 0.300. The highest BCUT2D eigenvalue weighted by atomic mass is 16.2. The topological polar surface area (TPSA) is 57.0 Å². The monoisotopic (exact) mass is 189 g/mol. The molecule has 1 amide bonds. The maximum absolute atomic E-state index is 11.4. The summed E-state index contributed by atoms with van der Waals surface area (Å²) >= 11 is 0. The molecule has 0 saturated heterocycles. The fourth-order valence-electron chi connectivity index (χ4n) is 1.01. The molecule has 0 unspecified atom stereocenters. The molecule has 4 heteroatoms. The lowest BCUT2D eigenvalue weighted by Gasteiger charge is -2.14. The smallest absolute Gasteiger partial charge is 0.228 e. The summed E-state index contributed by atoms with van der Waals surface area (Å²) in [6.07, 6.45) is 2.11. The molecule has 14 heavy (non-hydrogen) atoms. The van der Waals surface area contributed by atoms with Gasteiger partial charge in [0.1, 0.15) is 5.82 Å². The SMILES string of the molecule is CN(C(=O)CCC#N)c1ccccn1. The van der Waals surface area contributed by atoms with E-state index in [1.807, 2.05) is 12.1 Å². The number of hydrogen-bond acceptors (Lipinski definition) is 3. The van der Waals surface area contributed by atoms with Gasteiger partial charge in [0.05, 0.1) is 6.07 Å². The molecule has 1 aromatic heterocycles. The zero-order valence-electron chi connectivity index (χ0n) is 7.97. The number of carbonyl (C=O) groups excluding carboxylic acids is 1. The van der Waals surface area contributed by atoms with Crippen molar-refractivity contribution >= 4 is 11.7 Å². The van der Waals surface area contributed by atoms with Crippen molar-refractivity contribution in [2.24, 2.45) is 0 Å². The van der Waals surface area contributed by atoms with Gasteiger partial charge in [-0.2, -0.15) is 5.26 Å². The molecule has 0 spiro atoms. The lowest BCUT2D eigenvalue weighted by molar-refractivity contribution is -0.118. The minimum Gasteiger partial charge on any atom is -0.300 e. The van der Waals surface area contributed by atoms with Gasteiger partial charge in [0, 0.05) is 26.1 Å². The van der Waals surface area contributed by atoms with Crippen LogP contribution < -0.4 is 4.90 Å². The highest BCUT2D eigenvalue weighted by Gasteiger charge is 2.10. The maximum atomic E-state index is 11.4. The van der Waals surface area contributed by atoms with Gasteiger partial charge in [0.15, 0.2) is 0 Å². The Labute approximate surface area is 82.8 Å². The van der Waals surface area contributed by atoms with Crippen molar-refractivity contribution in [2.75, 3.05) is 11.9 Å². The number of nitriles is 1. The number of nitrogens with zero attached hydrogens (tertiary/aromatic N) is 3. The third-order valence-electron chi connectivity index (χ3n) is 1.82. The van der Waals surface area contributed by atoms with E-state index < -0.39 is 0 Å². The molecule has 1 rings (SSSR count). The van der Waals surface area contributed by atoms with E-state index in [1.54, 1.807) is 25.4 Å². The second-order valence-electron chi connectivity index (χ2n) is 2.80. The first kappa shape index (κ1) is 10.2. The van der Waals surface area contributed by atoms with E-state index in [1.165, 1.54) is 4.90 Å². The summed E-state index contributed by atoms with van der Waals surface area (Å²) in [4.78, 5) is 16.9. The van der Waals surface area contributed by atoms with Crippen LogP contribution >= 0.6 is 0 Å². The maximum Gasteiger partial charge on any atom is 0.228 e. The van der Waals surface area contributed by atoms with Crippen molar-refractivity contribution in [1.82, 2.24) is 4.98 Å². The van der Waals surface area contributed by atoms with Crippen molar-refractivity contribution < 1.29 is 4.79 Å². The number of hydrogen-bond donors (Lipinski definition) is 0. The molecule has 0 fully saturated rings. The molecule has 0 saturated carbocycles. The Hall–Kier alpha value is -1.89. The van der Waals surface area contributed by atoms with E-state index in [0.29, 0.717) is 5.82 Å². The van der Waals surface area contributed by atoms with Gasteiger partial charge in [0.25, 0.3) is 0 Å². The van der Waals surface area contributed by atoms with E-state index in [0.717, 1.165) is 0 Å². The number of carbonyl (C=O) groups is 1. The number of rotatable bonds is 3. The average molecular weight is 189 g/mol. The average Bonchev–Trinajstić information content (AvgIpc) is 2.26. The van der Waals surface area contributed by atoms with Crippen LogP contribution in [0.5, 0.6) is 0 Å². The predicted octanol–water partition coefficient (Wildman–Crippen LogP) is 1.35. The summed E-state index contributed by atoms with van der Waals surface area (Å²) in [5, 5.41) is 8.33. The van der Waals surface area contributed by atoms with Gasteiger partial charge in [-0.05, 0) is 12.1 Å². The van der Waals surface area contributed by atoms with Gasteiger partial charge in [-0.15, -0.1) is 0 Å². The number of amides is 1. The molecule has 1 aromatic rings. The fourth-order valence-corrected chi connectivity index (χ4v) is 1.01. The van der Waals surface area contributed by atoms with Crippen LogP contribution in [0.4, 0.5) is 5.82 Å². The minimum absolute atomic E-state index is 0.0924. The summed E-state index contributed by atoms with van der Waals surface area (Å²) < 4.78 is 0. The summed E-state index contributed by atoms with van der Waals surface area (Å²) in [6.45, 7) is 0. The van der Waals surface area contributed by atoms with Crippen LogP contribution in [0.3, 0.4) is 0 Å². The first-order valence-corrected chi connectivity index (χ1v) is 4.30. The normalized spacial score (nSPS) is 9.14. The van der Waals surface area contributed by atoms with Gasteiger partial charge in [0.2, 0.25) is 5.91 Å². The molecule has 0 atom stereocenters. The molecule has 1 heterocycles. The predicted molar refractivity (Wildman–Crippen MR) is 52.5 cm³/mol. The van der Waals surface area contributed by atoms with Crippen molar-refractivity contribution in [3.8, 4) is 6.07 Å². The molecule has 0 aromatic carbocycles. The van der Waals surface area contributed by atoms with Crippen LogP contribution in [0.15, 0.2) is 24.4 Å². The van der Waals surface area contributed by atoms with Crippen molar-refractivity contribution in [2.45, 2.75) is 12.8 Å². The van der Waals surface area contributed by atoms with E-state index in [4.69, 9.17) is 5.26 Å². The Balaban J connectivity index is 2.62. The molecule has 4 nitrogen and oxygen atoms in total. The lowest BCUT2D eigenvalue weighted by Crippen LogP contribution is -2.26. The summed E-state index contributed by atoms with van der Waals surface area (Å²) in [6, 6.07) is 7.30. The van der Waals surface area contributed by atoms with Gasteiger partial charge >= 0.3 is 0 Å². The highest BCUT2D eigenvalue weighted by molar-refractivity contribution is 5.91. The largest absolute Gasteiger partial charge is 0.300 e. The van der Waals surface area contributed by atoms with E-state index in [2.05, 4.69) is 4.98 Å². The van der Waals surface area contributed by atoms with Gasteiger partial charge in [-0.3, -0.25) is 9.69 Å².